The number of aromatic nitrogens is 4. The number of nitrogens with zero attached hydrogens (tertiary/aromatic N) is 8. The summed E-state index contributed by atoms with van der Waals surface area (Å²) in [5.74, 6) is 0. The third kappa shape index (κ3) is 44.8. The molecule has 4 aromatic rings. The molecule has 0 aliphatic heterocycles. The molecule has 468 valence electrons. The Morgan fingerprint density at radius 1 is 0.207 bits per heavy atom. The fourth-order valence-corrected chi connectivity index (χ4v) is 10.5. The lowest BCUT2D eigenvalue weighted by Gasteiger charge is -2.07. The molecule has 4 rings (SSSR count). The predicted molar refractivity (Wildman–Crippen MR) is 361 cm³/mol. The van der Waals surface area contributed by atoms with Gasteiger partial charge in [-0.3, -0.25) is 20.0 Å². The second-order valence-electron chi connectivity index (χ2n) is 23.4. The van der Waals surface area contributed by atoms with Crippen LogP contribution in [-0.4, -0.2) is 44.4 Å². The number of hydrogen-bond donors (Lipinski definition) is 0. The van der Waals surface area contributed by atoms with E-state index >= 15 is 0 Å². The second kappa shape index (κ2) is 57.8. The molecule has 0 saturated carbocycles. The van der Waals surface area contributed by atoms with Gasteiger partial charge in [0, 0.05) is 102 Å². The number of hydrogen-bond acceptors (Lipinski definition) is 4. The van der Waals surface area contributed by atoms with Gasteiger partial charge in [0.15, 0.2) is 0 Å². The highest BCUT2D eigenvalue weighted by Gasteiger charge is 1.99. The third-order valence-electron chi connectivity index (χ3n) is 15.9. The molecule has 8 nitrogen and oxygen atoms in total. The largest absolute Gasteiger partial charge is 0.354 e. The van der Waals surface area contributed by atoms with Crippen LogP contribution in [0.4, 0.5) is 0 Å². The maximum atomic E-state index is 4.74. The Morgan fingerprint density at radius 2 is 0.354 bits per heavy atom. The van der Waals surface area contributed by atoms with Crippen molar-refractivity contribution in [2.75, 3.05) is 26.2 Å². The molecule has 0 fully saturated rings. The van der Waals surface area contributed by atoms with Gasteiger partial charge >= 0.3 is 0 Å². The van der Waals surface area contributed by atoms with E-state index in [1.54, 1.807) is 0 Å². The molecule has 82 heavy (non-hydrogen) atoms. The van der Waals surface area contributed by atoms with E-state index in [0.717, 1.165) is 73.8 Å². The summed E-state index contributed by atoms with van der Waals surface area (Å²) in [7, 11) is 0. The van der Waals surface area contributed by atoms with Crippen LogP contribution in [0, 0.1) is 0 Å². The number of halogens is 2. The van der Waals surface area contributed by atoms with Crippen molar-refractivity contribution in [2.45, 2.75) is 311 Å². The molecule has 0 atom stereocenters. The van der Waals surface area contributed by atoms with E-state index in [-0.39, 0.29) is 24.8 Å². The molecule has 0 amide bonds. The number of unbranched alkanes of at least 4 members (excludes halogenated alkanes) is 34. The van der Waals surface area contributed by atoms with Gasteiger partial charge in [-0.25, -0.2) is 0 Å². The summed E-state index contributed by atoms with van der Waals surface area (Å²) in [6, 6.07) is 17.4. The highest BCUT2D eigenvalue weighted by Crippen LogP contribution is 2.13. The molecule has 0 spiro atoms. The Balaban J connectivity index is 0.000000800. The first-order valence-electron chi connectivity index (χ1n) is 34.3. The van der Waals surface area contributed by atoms with Crippen molar-refractivity contribution in [1.82, 2.24) is 18.3 Å². The van der Waals surface area contributed by atoms with Gasteiger partial charge in [-0.15, -0.1) is 24.8 Å². The molecule has 0 radical (unpaired) electrons. The first kappa shape index (κ1) is 76.4. The number of pyridine rings is 4. The standard InChI is InChI=1S/2C36H62N4.2ClH/c2*1-3-5-7-9-15-19-27-37-35-23-31-39(32-24-35)29-21-17-13-11-12-14-18-22-30-40-33-25-36(26-34-40)38-28-20-16-10-8-6-4-2;;/h2*23-26,31-34H,3-22,27-30H2,1-2H3;2*1H. The van der Waals surface area contributed by atoms with E-state index in [0.29, 0.717) is 0 Å². The number of aryl methyl sites for hydroxylation is 4. The minimum absolute atomic E-state index is 0. The minimum Gasteiger partial charge on any atom is -0.354 e. The van der Waals surface area contributed by atoms with Crippen molar-refractivity contribution < 1.29 is 0 Å². The van der Waals surface area contributed by atoms with E-state index in [4.69, 9.17) is 20.0 Å². The lowest BCUT2D eigenvalue weighted by molar-refractivity contribution is 0.524. The van der Waals surface area contributed by atoms with E-state index in [2.05, 4.69) is 144 Å². The molecule has 0 unspecified atom stereocenters. The summed E-state index contributed by atoms with van der Waals surface area (Å²) in [4.78, 5) is 19.0. The smallest absolute Gasteiger partial charge is 0.0603 e. The zero-order valence-corrected chi connectivity index (χ0v) is 55.2. The van der Waals surface area contributed by atoms with Crippen LogP contribution in [0.15, 0.2) is 118 Å². The highest BCUT2D eigenvalue weighted by atomic mass is 35.5. The Bertz CT molecular complexity index is 1870. The van der Waals surface area contributed by atoms with Crippen molar-refractivity contribution in [2.24, 2.45) is 20.0 Å². The predicted octanol–water partition coefficient (Wildman–Crippen LogP) is 20.1. The summed E-state index contributed by atoms with van der Waals surface area (Å²) < 4.78 is 9.27. The van der Waals surface area contributed by atoms with E-state index in [1.165, 1.54) is 257 Å². The molecule has 10 heteroatoms. The summed E-state index contributed by atoms with van der Waals surface area (Å²) in [5.41, 5.74) is 0. The van der Waals surface area contributed by atoms with Crippen molar-refractivity contribution >= 4 is 24.8 Å². The fraction of sp³-hybridized carbons (Fsp3) is 0.722. The molecule has 0 N–H and O–H groups in total. The first-order chi connectivity index (χ1) is 39.6. The number of rotatable bonds is 50. The van der Waals surface area contributed by atoms with Gasteiger partial charge < -0.3 is 18.3 Å². The van der Waals surface area contributed by atoms with Crippen LogP contribution in [0.3, 0.4) is 0 Å². The molecule has 0 saturated heterocycles. The van der Waals surface area contributed by atoms with Crippen molar-refractivity contribution in [1.29, 1.82) is 0 Å². The van der Waals surface area contributed by atoms with Crippen molar-refractivity contribution in [3.63, 3.8) is 0 Å². The lowest BCUT2D eigenvalue weighted by atomic mass is 10.1. The summed E-state index contributed by atoms with van der Waals surface area (Å²) in [5, 5.41) is 4.54. The summed E-state index contributed by atoms with van der Waals surface area (Å²) in [6.45, 7) is 17.5. The zero-order chi connectivity index (χ0) is 56.7. The molecule has 0 aromatic carbocycles. The molecular formula is C72H126Cl2N8. The molecule has 4 aromatic heterocycles. The van der Waals surface area contributed by atoms with E-state index in [9.17, 15) is 0 Å². The lowest BCUT2D eigenvalue weighted by Crippen LogP contribution is -2.06. The van der Waals surface area contributed by atoms with Crippen LogP contribution >= 0.6 is 24.8 Å². The van der Waals surface area contributed by atoms with E-state index in [1.807, 2.05) is 0 Å². The van der Waals surface area contributed by atoms with Crippen LogP contribution in [-0.2, 0) is 26.2 Å². The van der Waals surface area contributed by atoms with Crippen LogP contribution in [0.1, 0.15) is 285 Å². The summed E-state index contributed by atoms with van der Waals surface area (Å²) in [6.07, 6.45) is 71.0. The molecule has 4 heterocycles. The Hall–Kier alpha value is -3.62. The van der Waals surface area contributed by atoms with Gasteiger partial charge in [-0.2, -0.15) is 0 Å². The van der Waals surface area contributed by atoms with Gasteiger partial charge in [0.25, 0.3) is 0 Å². The van der Waals surface area contributed by atoms with Crippen LogP contribution in [0.5, 0.6) is 0 Å². The first-order valence-corrected chi connectivity index (χ1v) is 34.3. The van der Waals surface area contributed by atoms with Gasteiger partial charge in [-0.1, -0.05) is 233 Å². The fourth-order valence-electron chi connectivity index (χ4n) is 10.5. The van der Waals surface area contributed by atoms with Crippen LogP contribution in [0.2, 0.25) is 0 Å². The average Bonchev–Trinajstić information content (AvgIpc) is 3.49. The monoisotopic (exact) mass is 1170 g/mol. The molecule has 0 bridgehead atoms. The van der Waals surface area contributed by atoms with Gasteiger partial charge in [0.2, 0.25) is 0 Å². The molecular weight excluding hydrogens is 1050 g/mol. The highest BCUT2D eigenvalue weighted by molar-refractivity contribution is 5.85. The van der Waals surface area contributed by atoms with Gasteiger partial charge in [-0.05, 0) is 99.9 Å². The van der Waals surface area contributed by atoms with E-state index < -0.39 is 0 Å². The Kier molecular flexibility index (Phi) is 53.8. The summed E-state index contributed by atoms with van der Waals surface area (Å²) >= 11 is 0. The van der Waals surface area contributed by atoms with Crippen molar-refractivity contribution in [3.05, 3.63) is 120 Å². The molecule has 0 aliphatic carbocycles. The molecule has 0 aliphatic rings. The topological polar surface area (TPSA) is 69.2 Å². The Morgan fingerprint density at radius 3 is 0.524 bits per heavy atom. The quantitative estimate of drug-likeness (QED) is 0.0396. The SMILES string of the molecule is CCCCCCCCN=c1ccn(CCCCCCCCCCn2ccc(=NCCCCCCCC)cc2)cc1.CCCCCCCCN=c1ccn(CCCCCCCCCCn2ccc(=NCCCCCCCC)cc2)cc1.Cl.Cl. The van der Waals surface area contributed by atoms with Crippen LogP contribution in [0.25, 0.3) is 0 Å². The van der Waals surface area contributed by atoms with Gasteiger partial charge in [0.1, 0.15) is 0 Å². The normalized spacial score (nSPS) is 10.9. The van der Waals surface area contributed by atoms with Gasteiger partial charge in [0.05, 0.1) is 21.4 Å². The maximum Gasteiger partial charge on any atom is 0.0603 e. The minimum atomic E-state index is 0. The second-order valence-corrected chi connectivity index (χ2v) is 23.4. The third-order valence-corrected chi connectivity index (χ3v) is 15.9. The maximum absolute atomic E-state index is 4.74. The zero-order valence-electron chi connectivity index (χ0n) is 53.6. The Labute approximate surface area is 516 Å². The average molecular weight is 1170 g/mol. The van der Waals surface area contributed by atoms with Crippen molar-refractivity contribution in [3.8, 4) is 0 Å². The van der Waals surface area contributed by atoms with Crippen LogP contribution < -0.4 is 21.4 Å².